The van der Waals surface area contributed by atoms with E-state index < -0.39 is 11.9 Å². The van der Waals surface area contributed by atoms with Gasteiger partial charge in [0, 0.05) is 18.7 Å². The highest BCUT2D eigenvalue weighted by Gasteiger charge is 2.14. The average Bonchev–Trinajstić information content (AvgIpc) is 2.77. The van der Waals surface area contributed by atoms with Gasteiger partial charge in [-0.25, -0.2) is 4.79 Å². The molecule has 0 heterocycles. The number of hydrogen-bond donors (Lipinski definition) is 1. The molecule has 0 radical (unpaired) electrons. The summed E-state index contributed by atoms with van der Waals surface area (Å²) < 4.78 is 20.9. The lowest BCUT2D eigenvalue weighted by Gasteiger charge is -2.12. The van der Waals surface area contributed by atoms with Crippen molar-refractivity contribution in [3.05, 3.63) is 58.1 Å². The maximum atomic E-state index is 12.2. The minimum Gasteiger partial charge on any atom is -0.493 e. The van der Waals surface area contributed by atoms with Crippen molar-refractivity contribution in [2.45, 2.75) is 6.92 Å². The number of nitriles is 1. The van der Waals surface area contributed by atoms with Crippen LogP contribution in [0.25, 0.3) is 6.08 Å². The summed E-state index contributed by atoms with van der Waals surface area (Å²) in [5.74, 6) is -0.197. The monoisotopic (exact) mass is 458 g/mol. The van der Waals surface area contributed by atoms with Gasteiger partial charge in [-0.3, -0.25) is 4.79 Å². The Bertz CT molecular complexity index is 1050. The fraction of sp³-hybridized carbons (Fsp3) is 0.261. The van der Waals surface area contributed by atoms with Gasteiger partial charge in [-0.1, -0.05) is 17.7 Å². The van der Waals surface area contributed by atoms with Gasteiger partial charge in [0.15, 0.2) is 18.1 Å². The molecule has 0 saturated heterocycles. The molecule has 0 saturated carbocycles. The molecule has 0 aliphatic rings. The Balaban J connectivity index is 2.06. The molecule has 0 spiro atoms. The van der Waals surface area contributed by atoms with Crippen molar-refractivity contribution in [2.24, 2.45) is 0 Å². The van der Waals surface area contributed by atoms with Crippen molar-refractivity contribution in [1.29, 1.82) is 5.26 Å². The second-order valence-corrected chi connectivity index (χ2v) is 6.94. The lowest BCUT2D eigenvalue weighted by Crippen LogP contribution is -2.27. The molecule has 0 aliphatic carbocycles. The van der Waals surface area contributed by atoms with Gasteiger partial charge in [-0.05, 0) is 54.5 Å². The molecule has 0 aromatic heterocycles. The summed E-state index contributed by atoms with van der Waals surface area (Å²) >= 11 is 5.91. The first-order valence-corrected chi connectivity index (χ1v) is 9.92. The maximum absolute atomic E-state index is 12.2. The van der Waals surface area contributed by atoms with Crippen molar-refractivity contribution in [2.75, 3.05) is 34.0 Å². The van der Waals surface area contributed by atoms with E-state index in [0.29, 0.717) is 22.9 Å². The average molecular weight is 459 g/mol. The molecule has 0 unspecified atom stereocenters. The minimum atomic E-state index is -0.629. The van der Waals surface area contributed by atoms with E-state index >= 15 is 0 Å². The summed E-state index contributed by atoms with van der Waals surface area (Å²) in [7, 11) is 2.93. The Labute approximate surface area is 191 Å². The summed E-state index contributed by atoms with van der Waals surface area (Å²) in [4.78, 5) is 24.3. The van der Waals surface area contributed by atoms with Gasteiger partial charge >= 0.3 is 5.97 Å². The van der Waals surface area contributed by atoms with Crippen LogP contribution in [0.1, 0.15) is 11.1 Å². The predicted molar refractivity (Wildman–Crippen MR) is 119 cm³/mol. The van der Waals surface area contributed by atoms with Crippen LogP contribution in [0.4, 0.5) is 0 Å². The largest absolute Gasteiger partial charge is 0.493 e. The van der Waals surface area contributed by atoms with E-state index in [9.17, 15) is 14.9 Å². The second-order valence-electron chi connectivity index (χ2n) is 6.50. The summed E-state index contributed by atoms with van der Waals surface area (Å²) in [5, 5.41) is 12.4. The van der Waals surface area contributed by atoms with E-state index in [1.54, 1.807) is 30.3 Å². The molecule has 2 aromatic carbocycles. The van der Waals surface area contributed by atoms with Crippen molar-refractivity contribution in [1.82, 2.24) is 5.32 Å². The number of halogens is 1. The third-order valence-electron chi connectivity index (χ3n) is 4.16. The predicted octanol–water partition coefficient (Wildman–Crippen LogP) is 3.31. The molecular formula is C23H23ClN2O6. The first-order valence-electron chi connectivity index (χ1n) is 9.54. The molecule has 0 fully saturated rings. The number of amides is 1. The number of ether oxygens (including phenoxy) is 4. The van der Waals surface area contributed by atoms with Gasteiger partial charge in [0.25, 0.3) is 5.91 Å². The molecule has 0 atom stereocenters. The van der Waals surface area contributed by atoms with Crippen molar-refractivity contribution >= 4 is 29.6 Å². The maximum Gasteiger partial charge on any atom is 0.349 e. The molecular weight excluding hydrogens is 436 g/mol. The van der Waals surface area contributed by atoms with Crippen LogP contribution in [0.15, 0.2) is 42.0 Å². The van der Waals surface area contributed by atoms with Crippen LogP contribution in [-0.4, -0.2) is 45.9 Å². The smallest absolute Gasteiger partial charge is 0.349 e. The third-order valence-corrected chi connectivity index (χ3v) is 4.40. The zero-order valence-corrected chi connectivity index (χ0v) is 18.7. The van der Waals surface area contributed by atoms with E-state index in [0.717, 1.165) is 5.56 Å². The molecule has 1 amide bonds. The normalized spacial score (nSPS) is 10.8. The number of carbonyl (C=O) groups is 2. The molecule has 9 heteroatoms. The number of nitrogens with one attached hydrogen (secondary N) is 1. The van der Waals surface area contributed by atoms with Crippen LogP contribution in [0.2, 0.25) is 5.02 Å². The minimum absolute atomic E-state index is 0.0837. The van der Waals surface area contributed by atoms with Crippen LogP contribution in [0.3, 0.4) is 0 Å². The van der Waals surface area contributed by atoms with Gasteiger partial charge in [0.2, 0.25) is 0 Å². The van der Waals surface area contributed by atoms with Crippen LogP contribution in [0.5, 0.6) is 17.2 Å². The highest BCUT2D eigenvalue weighted by molar-refractivity contribution is 6.30. The standard InChI is InChI=1S/C23H23ClN2O6/c1-15-10-18(24)5-7-19(15)31-14-22(27)32-20-6-4-16(12-21(20)30-3)11-17(13-25)23(28)26-8-9-29-2/h4-7,10-12H,8-9,14H2,1-3H3,(H,26,28)/b17-11+. The van der Waals surface area contributed by atoms with Gasteiger partial charge < -0.3 is 24.3 Å². The molecule has 0 bridgehead atoms. The number of methoxy groups -OCH3 is 2. The zero-order chi connectivity index (χ0) is 23.5. The summed E-state index contributed by atoms with van der Waals surface area (Å²) in [6, 6.07) is 11.6. The van der Waals surface area contributed by atoms with E-state index in [-0.39, 0.29) is 30.2 Å². The molecule has 32 heavy (non-hydrogen) atoms. The number of aryl methyl sites for hydroxylation is 1. The van der Waals surface area contributed by atoms with Gasteiger partial charge in [-0.15, -0.1) is 0 Å². The van der Waals surface area contributed by atoms with Gasteiger partial charge in [-0.2, -0.15) is 5.26 Å². The van der Waals surface area contributed by atoms with Crippen molar-refractivity contribution in [3.8, 4) is 23.3 Å². The topological polar surface area (TPSA) is 107 Å². The second kappa shape index (κ2) is 12.3. The zero-order valence-electron chi connectivity index (χ0n) is 17.9. The molecule has 2 aromatic rings. The van der Waals surface area contributed by atoms with Crippen molar-refractivity contribution < 1.29 is 28.5 Å². The third kappa shape index (κ3) is 7.30. The van der Waals surface area contributed by atoms with Crippen LogP contribution < -0.4 is 19.5 Å². The molecule has 8 nitrogen and oxygen atoms in total. The SMILES string of the molecule is COCCNC(=O)/C(C#N)=C/c1ccc(OC(=O)COc2ccc(Cl)cc2C)c(OC)c1. The molecule has 1 N–H and O–H groups in total. The lowest BCUT2D eigenvalue weighted by atomic mass is 10.1. The fourth-order valence-corrected chi connectivity index (χ4v) is 2.83. The lowest BCUT2D eigenvalue weighted by molar-refractivity contribution is -0.136. The highest BCUT2D eigenvalue weighted by atomic mass is 35.5. The van der Waals surface area contributed by atoms with E-state index in [4.69, 9.17) is 30.5 Å². The number of benzene rings is 2. The Kier molecular flexibility index (Phi) is 9.54. The molecule has 2 rings (SSSR count). The van der Waals surface area contributed by atoms with E-state index in [1.165, 1.54) is 26.4 Å². The van der Waals surface area contributed by atoms with Crippen LogP contribution in [-0.2, 0) is 14.3 Å². The summed E-state index contributed by atoms with van der Waals surface area (Å²) in [6.45, 7) is 2.12. The van der Waals surface area contributed by atoms with Gasteiger partial charge in [0.05, 0.1) is 13.7 Å². The first-order chi connectivity index (χ1) is 15.4. The van der Waals surface area contributed by atoms with Crippen LogP contribution >= 0.6 is 11.6 Å². The Hall–Kier alpha value is -3.54. The molecule has 0 aliphatic heterocycles. The molecule has 168 valence electrons. The summed E-state index contributed by atoms with van der Waals surface area (Å²) in [5.41, 5.74) is 1.23. The quantitative estimate of drug-likeness (QED) is 0.191. The van der Waals surface area contributed by atoms with E-state index in [1.807, 2.05) is 13.0 Å². The highest BCUT2D eigenvalue weighted by Crippen LogP contribution is 2.29. The Morgan fingerprint density at radius 2 is 1.88 bits per heavy atom. The van der Waals surface area contributed by atoms with Crippen molar-refractivity contribution in [3.63, 3.8) is 0 Å². The van der Waals surface area contributed by atoms with Gasteiger partial charge in [0.1, 0.15) is 17.4 Å². The van der Waals surface area contributed by atoms with Crippen LogP contribution in [0, 0.1) is 18.3 Å². The first kappa shape index (κ1) is 24.7. The number of nitrogens with zero attached hydrogens (tertiary/aromatic N) is 1. The van der Waals surface area contributed by atoms with E-state index in [2.05, 4.69) is 5.32 Å². The summed E-state index contributed by atoms with van der Waals surface area (Å²) in [6.07, 6.45) is 1.41. The number of carbonyl (C=O) groups excluding carboxylic acids is 2. The Morgan fingerprint density at radius 1 is 1.12 bits per heavy atom. The number of hydrogen-bond acceptors (Lipinski definition) is 7. The Morgan fingerprint density at radius 3 is 2.53 bits per heavy atom. The number of esters is 1. The number of rotatable bonds is 10. The fourth-order valence-electron chi connectivity index (χ4n) is 2.60.